The van der Waals surface area contributed by atoms with Gasteiger partial charge in [0.05, 0.1) is 12.5 Å². The second-order valence-corrected chi connectivity index (χ2v) is 5.71. The fourth-order valence-corrected chi connectivity index (χ4v) is 3.04. The molecular weight excluding hydrogens is 298 g/mol. The van der Waals surface area contributed by atoms with Gasteiger partial charge < -0.3 is 10.0 Å². The average molecular weight is 314 g/mol. The molecule has 1 N–H and O–H groups in total. The number of carboxylic acid groups (broad SMARTS) is 1. The van der Waals surface area contributed by atoms with Crippen molar-refractivity contribution in [2.24, 2.45) is 5.92 Å². The Hall–Kier alpha value is -1.20. The molecule has 1 saturated heterocycles. The second-order valence-electron chi connectivity index (χ2n) is 4.93. The van der Waals surface area contributed by atoms with E-state index in [0.717, 1.165) is 0 Å². The average Bonchev–Trinajstić information content (AvgIpc) is 2.78. The number of amides is 1. The van der Waals surface area contributed by atoms with Crippen LogP contribution in [0.4, 0.5) is 0 Å². The maximum Gasteiger partial charge on any atom is 0.305 e. The number of benzene rings is 1. The van der Waals surface area contributed by atoms with Crippen molar-refractivity contribution in [2.45, 2.75) is 18.9 Å². The van der Waals surface area contributed by atoms with Crippen LogP contribution in [-0.4, -0.2) is 34.2 Å². The molecule has 2 rings (SSSR count). The van der Waals surface area contributed by atoms with E-state index in [2.05, 4.69) is 12.6 Å². The number of nitrogens with zero attached hydrogens (tertiary/aromatic N) is 1. The Balaban J connectivity index is 2.31. The highest BCUT2D eigenvalue weighted by atomic mass is 35.5. The number of carboxylic acids is 1. The first-order valence-electron chi connectivity index (χ1n) is 6.39. The molecule has 1 amide bonds. The van der Waals surface area contributed by atoms with E-state index in [9.17, 15) is 9.59 Å². The van der Waals surface area contributed by atoms with Crippen molar-refractivity contribution in [1.82, 2.24) is 4.90 Å². The van der Waals surface area contributed by atoms with E-state index in [1.807, 2.05) is 0 Å². The molecule has 1 aromatic carbocycles. The maximum atomic E-state index is 12.1. The summed E-state index contributed by atoms with van der Waals surface area (Å²) in [6.07, 6.45) is 0.277. The molecule has 6 heteroatoms. The summed E-state index contributed by atoms with van der Waals surface area (Å²) in [6.45, 7) is 0.533. The molecule has 4 nitrogen and oxygen atoms in total. The predicted molar refractivity (Wildman–Crippen MR) is 80.1 cm³/mol. The molecule has 20 heavy (non-hydrogen) atoms. The number of hydrogen-bond acceptors (Lipinski definition) is 3. The van der Waals surface area contributed by atoms with Gasteiger partial charge in [0.25, 0.3) is 0 Å². The van der Waals surface area contributed by atoms with Gasteiger partial charge in [-0.05, 0) is 23.3 Å². The number of thiol groups is 1. The highest BCUT2D eigenvalue weighted by molar-refractivity contribution is 7.80. The molecule has 1 fully saturated rings. The number of halogens is 1. The fraction of sp³-hybridized carbons (Fsp3) is 0.429. The summed E-state index contributed by atoms with van der Waals surface area (Å²) in [5.41, 5.74) is 0.685. The second kappa shape index (κ2) is 6.50. The third-order valence-electron chi connectivity index (χ3n) is 3.51. The third kappa shape index (κ3) is 3.27. The van der Waals surface area contributed by atoms with E-state index in [4.69, 9.17) is 16.7 Å². The van der Waals surface area contributed by atoms with Crippen LogP contribution in [0.15, 0.2) is 24.3 Å². The van der Waals surface area contributed by atoms with Crippen molar-refractivity contribution in [3.8, 4) is 0 Å². The first-order chi connectivity index (χ1) is 9.52. The number of aliphatic carboxylic acids is 1. The van der Waals surface area contributed by atoms with Gasteiger partial charge in [0.1, 0.15) is 0 Å². The van der Waals surface area contributed by atoms with Crippen molar-refractivity contribution in [3.63, 3.8) is 0 Å². The SMILES string of the molecule is O=C(O)CC(c1ccccc1Cl)N1CC(CS)CC1=O. The zero-order valence-electron chi connectivity index (χ0n) is 10.8. The zero-order valence-corrected chi connectivity index (χ0v) is 12.5. The molecule has 2 atom stereocenters. The summed E-state index contributed by atoms with van der Waals surface area (Å²) in [5, 5.41) is 9.60. The Morgan fingerprint density at radius 1 is 1.50 bits per heavy atom. The maximum absolute atomic E-state index is 12.1. The van der Waals surface area contributed by atoms with Crippen LogP contribution in [0.25, 0.3) is 0 Å². The molecule has 0 spiro atoms. The normalized spacial score (nSPS) is 20.2. The Kier molecular flexibility index (Phi) is 4.94. The molecule has 0 aromatic heterocycles. The van der Waals surface area contributed by atoms with Crippen LogP contribution < -0.4 is 0 Å². The Bertz CT molecular complexity index is 523. The van der Waals surface area contributed by atoms with Gasteiger partial charge in [-0.1, -0.05) is 29.8 Å². The molecule has 0 saturated carbocycles. The molecular formula is C14H16ClNO3S. The number of likely N-dealkylation sites (tertiary alicyclic amines) is 1. The van der Waals surface area contributed by atoms with Gasteiger partial charge in [-0.2, -0.15) is 12.6 Å². The third-order valence-corrected chi connectivity index (χ3v) is 4.37. The van der Waals surface area contributed by atoms with Gasteiger partial charge in [-0.15, -0.1) is 0 Å². The highest BCUT2D eigenvalue weighted by Gasteiger charge is 2.36. The smallest absolute Gasteiger partial charge is 0.305 e. The Labute approximate surface area is 128 Å². The van der Waals surface area contributed by atoms with E-state index in [0.29, 0.717) is 29.3 Å². The summed E-state index contributed by atoms with van der Waals surface area (Å²) in [4.78, 5) is 24.8. The van der Waals surface area contributed by atoms with Crippen molar-refractivity contribution in [3.05, 3.63) is 34.9 Å². The van der Waals surface area contributed by atoms with Crippen LogP contribution in [-0.2, 0) is 9.59 Å². The lowest BCUT2D eigenvalue weighted by Gasteiger charge is -2.28. The van der Waals surface area contributed by atoms with Gasteiger partial charge in [-0.25, -0.2) is 0 Å². The van der Waals surface area contributed by atoms with Crippen molar-refractivity contribution in [2.75, 3.05) is 12.3 Å². The van der Waals surface area contributed by atoms with Gasteiger partial charge in [0.2, 0.25) is 5.91 Å². The minimum atomic E-state index is -0.947. The molecule has 1 aliphatic heterocycles. The molecule has 0 bridgehead atoms. The minimum absolute atomic E-state index is 0.0322. The molecule has 1 heterocycles. The number of rotatable bonds is 5. The van der Waals surface area contributed by atoms with Crippen LogP contribution in [0, 0.1) is 5.92 Å². The topological polar surface area (TPSA) is 57.6 Å². The zero-order chi connectivity index (χ0) is 14.7. The van der Waals surface area contributed by atoms with E-state index >= 15 is 0 Å². The molecule has 108 valence electrons. The summed E-state index contributed by atoms with van der Waals surface area (Å²) >= 11 is 10.4. The fourth-order valence-electron chi connectivity index (χ4n) is 2.53. The highest BCUT2D eigenvalue weighted by Crippen LogP contribution is 2.34. The van der Waals surface area contributed by atoms with Crippen LogP contribution in [0.5, 0.6) is 0 Å². The number of carbonyl (C=O) groups is 2. The quantitative estimate of drug-likeness (QED) is 0.822. The van der Waals surface area contributed by atoms with Crippen LogP contribution in [0.2, 0.25) is 5.02 Å². The van der Waals surface area contributed by atoms with Gasteiger partial charge in [0.15, 0.2) is 0 Å². The molecule has 0 radical (unpaired) electrons. The van der Waals surface area contributed by atoms with Crippen molar-refractivity contribution >= 4 is 36.1 Å². The van der Waals surface area contributed by atoms with Crippen LogP contribution in [0.1, 0.15) is 24.4 Å². The standard InChI is InChI=1S/C14H16ClNO3S/c15-11-4-2-1-3-10(11)12(6-14(18)19)16-7-9(8-20)5-13(16)17/h1-4,9,12,20H,5-8H2,(H,18,19). The lowest BCUT2D eigenvalue weighted by molar-refractivity contribution is -0.139. The van der Waals surface area contributed by atoms with Gasteiger partial charge >= 0.3 is 5.97 Å². The molecule has 1 aromatic rings. The van der Waals surface area contributed by atoms with Crippen LogP contribution >= 0.6 is 24.2 Å². The Morgan fingerprint density at radius 3 is 2.75 bits per heavy atom. The minimum Gasteiger partial charge on any atom is -0.481 e. The summed E-state index contributed by atoms with van der Waals surface area (Å²) < 4.78 is 0. The molecule has 0 aliphatic carbocycles. The summed E-state index contributed by atoms with van der Waals surface area (Å²) in [6, 6.07) is 6.55. The largest absolute Gasteiger partial charge is 0.481 e. The van der Waals surface area contributed by atoms with Gasteiger partial charge in [-0.3, -0.25) is 9.59 Å². The van der Waals surface area contributed by atoms with E-state index in [-0.39, 0.29) is 18.2 Å². The lowest BCUT2D eigenvalue weighted by atomic mass is 10.0. The first kappa shape index (κ1) is 15.2. The first-order valence-corrected chi connectivity index (χ1v) is 7.40. The van der Waals surface area contributed by atoms with E-state index in [1.54, 1.807) is 29.2 Å². The number of hydrogen-bond donors (Lipinski definition) is 2. The Morgan fingerprint density at radius 2 is 2.20 bits per heavy atom. The molecule has 2 unspecified atom stereocenters. The lowest BCUT2D eigenvalue weighted by Crippen LogP contribution is -2.32. The summed E-state index contributed by atoms with van der Waals surface area (Å²) in [7, 11) is 0. The van der Waals surface area contributed by atoms with Gasteiger partial charge in [0, 0.05) is 18.0 Å². The van der Waals surface area contributed by atoms with Crippen LogP contribution in [0.3, 0.4) is 0 Å². The predicted octanol–water partition coefficient (Wildman–Crippen LogP) is 2.63. The van der Waals surface area contributed by atoms with Crippen molar-refractivity contribution in [1.29, 1.82) is 0 Å². The number of carbonyl (C=O) groups excluding carboxylic acids is 1. The summed E-state index contributed by atoms with van der Waals surface area (Å²) in [5.74, 6) is -0.193. The molecule has 1 aliphatic rings. The van der Waals surface area contributed by atoms with E-state index < -0.39 is 12.0 Å². The van der Waals surface area contributed by atoms with E-state index in [1.165, 1.54) is 0 Å². The van der Waals surface area contributed by atoms with Crippen molar-refractivity contribution < 1.29 is 14.7 Å². The monoisotopic (exact) mass is 313 g/mol.